The molecule has 3 amide bonds. The summed E-state index contributed by atoms with van der Waals surface area (Å²) in [4.78, 5) is 39.7. The zero-order chi connectivity index (χ0) is 22.1. The summed E-state index contributed by atoms with van der Waals surface area (Å²) in [5.41, 5.74) is -1.32. The highest BCUT2D eigenvalue weighted by Gasteiger charge is 2.32. The van der Waals surface area contributed by atoms with E-state index >= 15 is 0 Å². The molecule has 0 spiro atoms. The summed E-state index contributed by atoms with van der Waals surface area (Å²) in [7, 11) is 0. The van der Waals surface area contributed by atoms with Crippen LogP contribution in [0.4, 0.5) is 18.9 Å². The highest BCUT2D eigenvalue weighted by Crippen LogP contribution is 2.33. The van der Waals surface area contributed by atoms with Crippen molar-refractivity contribution in [1.82, 2.24) is 9.80 Å². The van der Waals surface area contributed by atoms with Crippen LogP contribution in [-0.4, -0.2) is 53.7 Å². The van der Waals surface area contributed by atoms with Gasteiger partial charge in [0.1, 0.15) is 5.76 Å². The van der Waals surface area contributed by atoms with Gasteiger partial charge in [0.2, 0.25) is 0 Å². The number of hydrogen-bond acceptors (Lipinski definition) is 4. The Bertz CT molecular complexity index is 982. The Labute approximate surface area is 174 Å². The standard InChI is InChI=1S/C19H17ClF3N3O4/c1-11-2-5-15(30-11)17(28)25-6-8-26(9-7-25)18(29)16(27)24-14-10-12(19(21,22)23)3-4-13(14)20/h2-5,10H,6-9H2,1H3,(H,24,27). The molecule has 2 aromatic rings. The first-order valence-electron chi connectivity index (χ1n) is 8.89. The predicted octanol–water partition coefficient (Wildman–Crippen LogP) is 3.18. The molecular weight excluding hydrogens is 427 g/mol. The molecular formula is C19H17ClF3N3O4. The van der Waals surface area contributed by atoms with Crippen LogP contribution in [0.25, 0.3) is 0 Å². The number of nitrogens with one attached hydrogen (secondary N) is 1. The number of carbonyl (C=O) groups is 3. The average Bonchev–Trinajstić information content (AvgIpc) is 3.14. The molecule has 1 fully saturated rings. The van der Waals surface area contributed by atoms with Crippen LogP contribution in [0.5, 0.6) is 0 Å². The van der Waals surface area contributed by atoms with Gasteiger partial charge in [-0.05, 0) is 37.3 Å². The van der Waals surface area contributed by atoms with Crippen LogP contribution >= 0.6 is 11.6 Å². The van der Waals surface area contributed by atoms with Crippen molar-refractivity contribution >= 4 is 35.0 Å². The van der Waals surface area contributed by atoms with Gasteiger partial charge in [-0.15, -0.1) is 0 Å². The first-order valence-corrected chi connectivity index (χ1v) is 9.27. The number of hydrogen-bond donors (Lipinski definition) is 1. The summed E-state index contributed by atoms with van der Waals surface area (Å²) in [5.74, 6) is -1.58. The molecule has 1 aromatic carbocycles. The highest BCUT2D eigenvalue weighted by atomic mass is 35.5. The molecule has 2 heterocycles. The summed E-state index contributed by atoms with van der Waals surface area (Å²) in [6.07, 6.45) is -4.62. The lowest BCUT2D eigenvalue weighted by Crippen LogP contribution is -2.53. The van der Waals surface area contributed by atoms with Gasteiger partial charge >= 0.3 is 18.0 Å². The third kappa shape index (κ3) is 4.76. The number of benzene rings is 1. The monoisotopic (exact) mass is 443 g/mol. The number of furan rings is 1. The van der Waals surface area contributed by atoms with Crippen LogP contribution in [0.15, 0.2) is 34.7 Å². The fraction of sp³-hybridized carbons (Fsp3) is 0.316. The Kier molecular flexibility index (Phi) is 6.06. The van der Waals surface area contributed by atoms with Gasteiger partial charge in [0, 0.05) is 26.2 Å². The smallest absolute Gasteiger partial charge is 0.416 e. The SMILES string of the molecule is Cc1ccc(C(=O)N2CCN(C(=O)C(=O)Nc3cc(C(F)(F)F)ccc3Cl)CC2)o1. The van der Waals surface area contributed by atoms with E-state index in [2.05, 4.69) is 5.32 Å². The average molecular weight is 444 g/mol. The third-order valence-corrected chi connectivity index (χ3v) is 4.87. The molecule has 0 saturated carbocycles. The van der Waals surface area contributed by atoms with Gasteiger partial charge in [-0.1, -0.05) is 11.6 Å². The van der Waals surface area contributed by atoms with Crippen LogP contribution in [0.2, 0.25) is 5.02 Å². The number of nitrogens with zero attached hydrogens (tertiary/aromatic N) is 2. The Morgan fingerprint density at radius 3 is 2.23 bits per heavy atom. The van der Waals surface area contributed by atoms with Gasteiger partial charge < -0.3 is 19.5 Å². The van der Waals surface area contributed by atoms with Gasteiger partial charge in [-0.2, -0.15) is 13.2 Å². The van der Waals surface area contributed by atoms with E-state index in [1.165, 1.54) is 9.80 Å². The second-order valence-electron chi connectivity index (χ2n) is 6.64. The first kappa shape index (κ1) is 21.7. The van der Waals surface area contributed by atoms with E-state index < -0.39 is 23.6 Å². The number of halogens is 4. The Morgan fingerprint density at radius 2 is 1.67 bits per heavy atom. The lowest BCUT2D eigenvalue weighted by Gasteiger charge is -2.33. The van der Waals surface area contributed by atoms with E-state index in [4.69, 9.17) is 16.0 Å². The molecule has 0 atom stereocenters. The van der Waals surface area contributed by atoms with Gasteiger partial charge in [-0.3, -0.25) is 14.4 Å². The summed E-state index contributed by atoms with van der Waals surface area (Å²) in [5, 5.41) is 1.99. The topological polar surface area (TPSA) is 82.9 Å². The van der Waals surface area contributed by atoms with Gasteiger partial charge in [0.15, 0.2) is 5.76 Å². The molecule has 30 heavy (non-hydrogen) atoms. The lowest BCUT2D eigenvalue weighted by molar-refractivity contribution is -0.144. The Balaban J connectivity index is 1.60. The molecule has 160 valence electrons. The fourth-order valence-corrected chi connectivity index (χ4v) is 3.10. The van der Waals surface area contributed by atoms with Crippen LogP contribution in [0.3, 0.4) is 0 Å². The molecule has 0 unspecified atom stereocenters. The fourth-order valence-electron chi connectivity index (χ4n) is 2.93. The summed E-state index contributed by atoms with van der Waals surface area (Å²) < 4.78 is 43.8. The summed E-state index contributed by atoms with van der Waals surface area (Å²) in [6.45, 7) is 2.26. The van der Waals surface area contributed by atoms with Gasteiger partial charge in [0.05, 0.1) is 16.3 Å². The van der Waals surface area contributed by atoms with Crippen LogP contribution in [-0.2, 0) is 15.8 Å². The molecule has 1 aromatic heterocycles. The first-order chi connectivity index (χ1) is 14.1. The van der Waals surface area contributed by atoms with Crippen molar-refractivity contribution in [2.75, 3.05) is 31.5 Å². The van der Waals surface area contributed by atoms with Crippen molar-refractivity contribution in [3.8, 4) is 0 Å². The van der Waals surface area contributed by atoms with Crippen LogP contribution in [0.1, 0.15) is 21.9 Å². The minimum Gasteiger partial charge on any atom is -0.456 e. The maximum absolute atomic E-state index is 12.8. The number of alkyl halides is 3. The van der Waals surface area contributed by atoms with E-state index in [1.54, 1.807) is 19.1 Å². The van der Waals surface area contributed by atoms with E-state index in [0.29, 0.717) is 11.8 Å². The molecule has 0 aliphatic carbocycles. The Hall–Kier alpha value is -3.01. The molecule has 3 rings (SSSR count). The van der Waals surface area contributed by atoms with Crippen molar-refractivity contribution in [3.05, 3.63) is 52.4 Å². The molecule has 0 bridgehead atoms. The zero-order valence-electron chi connectivity index (χ0n) is 15.8. The lowest BCUT2D eigenvalue weighted by atomic mass is 10.2. The van der Waals surface area contributed by atoms with E-state index in [1.807, 2.05) is 0 Å². The number of aryl methyl sites for hydroxylation is 1. The molecule has 11 heteroatoms. The van der Waals surface area contributed by atoms with Crippen LogP contribution in [0, 0.1) is 6.92 Å². The number of amides is 3. The summed E-state index contributed by atoms with van der Waals surface area (Å²) >= 11 is 5.83. The van der Waals surface area contributed by atoms with Crippen molar-refractivity contribution in [3.63, 3.8) is 0 Å². The number of carbonyl (C=O) groups excluding carboxylic acids is 3. The maximum Gasteiger partial charge on any atom is 0.416 e. The molecule has 1 saturated heterocycles. The van der Waals surface area contributed by atoms with Crippen molar-refractivity contribution < 1.29 is 32.0 Å². The van der Waals surface area contributed by atoms with Crippen molar-refractivity contribution in [2.24, 2.45) is 0 Å². The molecule has 1 aliphatic rings. The van der Waals surface area contributed by atoms with Gasteiger partial charge in [-0.25, -0.2) is 0 Å². The number of anilines is 1. The predicted molar refractivity (Wildman–Crippen MR) is 101 cm³/mol. The molecule has 0 radical (unpaired) electrons. The minimum atomic E-state index is -4.62. The summed E-state index contributed by atoms with van der Waals surface area (Å²) in [6, 6.07) is 5.65. The minimum absolute atomic E-state index is 0.0913. The Morgan fingerprint density at radius 1 is 1.03 bits per heavy atom. The second-order valence-corrected chi connectivity index (χ2v) is 7.05. The van der Waals surface area contributed by atoms with Gasteiger partial charge in [0.25, 0.3) is 5.91 Å². The zero-order valence-corrected chi connectivity index (χ0v) is 16.5. The van der Waals surface area contributed by atoms with Crippen LogP contribution < -0.4 is 5.32 Å². The number of rotatable bonds is 2. The van der Waals surface area contributed by atoms with E-state index in [9.17, 15) is 27.6 Å². The largest absolute Gasteiger partial charge is 0.456 e. The maximum atomic E-state index is 12.8. The number of piperazine rings is 1. The quantitative estimate of drug-likeness (QED) is 0.723. The molecule has 1 N–H and O–H groups in total. The van der Waals surface area contributed by atoms with Crippen molar-refractivity contribution in [2.45, 2.75) is 13.1 Å². The highest BCUT2D eigenvalue weighted by molar-refractivity contribution is 6.41. The second kappa shape index (κ2) is 8.39. The van der Waals surface area contributed by atoms with E-state index in [0.717, 1.165) is 12.1 Å². The third-order valence-electron chi connectivity index (χ3n) is 4.54. The molecule has 1 aliphatic heterocycles. The normalized spacial score (nSPS) is 14.6. The van der Waals surface area contributed by atoms with E-state index in [-0.39, 0.29) is 48.6 Å². The molecule has 7 nitrogen and oxygen atoms in total. The van der Waals surface area contributed by atoms with Crippen molar-refractivity contribution in [1.29, 1.82) is 0 Å².